The van der Waals surface area contributed by atoms with E-state index in [0.717, 1.165) is 25.1 Å². The van der Waals surface area contributed by atoms with Gasteiger partial charge in [0.15, 0.2) is 0 Å². The number of ether oxygens (including phenoxy) is 1. The molecule has 1 saturated heterocycles. The van der Waals surface area contributed by atoms with Crippen LogP contribution in [0.15, 0.2) is 18.2 Å². The lowest BCUT2D eigenvalue weighted by Crippen LogP contribution is -2.29. The first-order valence-electron chi connectivity index (χ1n) is 6.44. The Hall–Kier alpha value is -1.26. The predicted molar refractivity (Wildman–Crippen MR) is 69.7 cm³/mol. The second-order valence-electron chi connectivity index (χ2n) is 5.04. The fourth-order valence-corrected chi connectivity index (χ4v) is 2.36. The lowest BCUT2D eigenvalue weighted by molar-refractivity contribution is 0.105. The quantitative estimate of drug-likeness (QED) is 0.767. The second-order valence-corrected chi connectivity index (χ2v) is 5.04. The Bertz CT molecular complexity index is 388. The van der Waals surface area contributed by atoms with Crippen molar-refractivity contribution in [1.29, 1.82) is 0 Å². The topological polar surface area (TPSA) is 61.7 Å². The van der Waals surface area contributed by atoms with Gasteiger partial charge in [0.05, 0.1) is 6.10 Å². The number of aromatic hydroxyl groups is 2. The molecule has 1 aromatic rings. The number of phenols is 2. The molecule has 0 aliphatic carbocycles. The van der Waals surface area contributed by atoms with Crippen LogP contribution < -0.4 is 5.32 Å². The third-order valence-electron chi connectivity index (χ3n) is 3.64. The summed E-state index contributed by atoms with van der Waals surface area (Å²) in [5.74, 6) is 0.728. The third kappa shape index (κ3) is 3.15. The summed E-state index contributed by atoms with van der Waals surface area (Å²) in [6, 6.07) is 4.77. The molecule has 3 unspecified atom stereocenters. The SMILES string of the molecule is CC(NCC1CCOC1C)c1cc(O)cc(O)c1. The zero-order chi connectivity index (χ0) is 13.1. The van der Waals surface area contributed by atoms with Crippen molar-refractivity contribution in [1.82, 2.24) is 5.32 Å². The van der Waals surface area contributed by atoms with Crippen molar-refractivity contribution >= 4 is 0 Å². The fraction of sp³-hybridized carbons (Fsp3) is 0.571. The highest BCUT2D eigenvalue weighted by molar-refractivity contribution is 5.37. The highest BCUT2D eigenvalue weighted by atomic mass is 16.5. The van der Waals surface area contributed by atoms with Gasteiger partial charge in [-0.1, -0.05) is 0 Å². The predicted octanol–water partition coefficient (Wildman–Crippen LogP) is 2.17. The van der Waals surface area contributed by atoms with E-state index in [0.29, 0.717) is 12.0 Å². The number of nitrogens with one attached hydrogen (secondary N) is 1. The normalized spacial score (nSPS) is 25.2. The summed E-state index contributed by atoms with van der Waals surface area (Å²) in [7, 11) is 0. The number of phenolic OH excluding ortho intramolecular Hbond substituents is 2. The molecule has 2 rings (SSSR count). The van der Waals surface area contributed by atoms with Crippen LogP contribution >= 0.6 is 0 Å². The molecule has 18 heavy (non-hydrogen) atoms. The molecule has 0 radical (unpaired) electrons. The van der Waals surface area contributed by atoms with Crippen molar-refractivity contribution in [3.63, 3.8) is 0 Å². The van der Waals surface area contributed by atoms with Crippen LogP contribution in [0.25, 0.3) is 0 Å². The molecule has 1 fully saturated rings. The van der Waals surface area contributed by atoms with Gasteiger partial charge in [0.25, 0.3) is 0 Å². The zero-order valence-electron chi connectivity index (χ0n) is 10.9. The minimum absolute atomic E-state index is 0.0933. The molecule has 100 valence electrons. The molecule has 3 atom stereocenters. The van der Waals surface area contributed by atoms with E-state index in [-0.39, 0.29) is 17.5 Å². The molecule has 1 aliphatic rings. The van der Waals surface area contributed by atoms with Gasteiger partial charge in [-0.3, -0.25) is 0 Å². The maximum absolute atomic E-state index is 9.46. The third-order valence-corrected chi connectivity index (χ3v) is 3.64. The van der Waals surface area contributed by atoms with Crippen LogP contribution in [0, 0.1) is 5.92 Å². The average Bonchev–Trinajstić information content (AvgIpc) is 2.70. The number of hydrogen-bond acceptors (Lipinski definition) is 4. The van der Waals surface area contributed by atoms with E-state index < -0.39 is 0 Å². The van der Waals surface area contributed by atoms with Gasteiger partial charge in [-0.15, -0.1) is 0 Å². The monoisotopic (exact) mass is 251 g/mol. The van der Waals surface area contributed by atoms with Crippen LogP contribution in [-0.2, 0) is 4.74 Å². The Morgan fingerprint density at radius 1 is 1.33 bits per heavy atom. The first kappa shape index (κ1) is 13.2. The van der Waals surface area contributed by atoms with Crippen LogP contribution in [0.4, 0.5) is 0 Å². The molecular weight excluding hydrogens is 230 g/mol. The van der Waals surface area contributed by atoms with Gasteiger partial charge >= 0.3 is 0 Å². The Morgan fingerprint density at radius 2 is 2.00 bits per heavy atom. The van der Waals surface area contributed by atoms with Gasteiger partial charge in [0.1, 0.15) is 11.5 Å². The standard InChI is InChI=1S/C14H21NO3/c1-9(12-5-13(16)7-14(17)6-12)15-8-11-3-4-18-10(11)2/h5-7,9-11,15-17H,3-4,8H2,1-2H3. The molecule has 3 N–H and O–H groups in total. The highest BCUT2D eigenvalue weighted by Gasteiger charge is 2.24. The summed E-state index contributed by atoms with van der Waals surface area (Å²) >= 11 is 0. The summed E-state index contributed by atoms with van der Waals surface area (Å²) in [5.41, 5.74) is 0.888. The molecule has 4 heteroatoms. The maximum atomic E-state index is 9.46. The van der Waals surface area contributed by atoms with Crippen LogP contribution in [0.5, 0.6) is 11.5 Å². The van der Waals surface area contributed by atoms with Crippen LogP contribution in [-0.4, -0.2) is 29.5 Å². The molecule has 4 nitrogen and oxygen atoms in total. The minimum atomic E-state index is 0.0933. The van der Waals surface area contributed by atoms with E-state index in [1.165, 1.54) is 6.07 Å². The molecule has 0 bridgehead atoms. The largest absolute Gasteiger partial charge is 0.508 e. The summed E-state index contributed by atoms with van der Waals surface area (Å²) < 4.78 is 5.52. The first-order chi connectivity index (χ1) is 8.56. The van der Waals surface area contributed by atoms with E-state index in [2.05, 4.69) is 12.2 Å². The molecule has 0 aromatic heterocycles. The van der Waals surface area contributed by atoms with Gasteiger partial charge in [0.2, 0.25) is 0 Å². The number of hydrogen-bond donors (Lipinski definition) is 3. The lowest BCUT2D eigenvalue weighted by Gasteiger charge is -2.19. The summed E-state index contributed by atoms with van der Waals surface area (Å²) in [6.45, 7) is 5.85. The van der Waals surface area contributed by atoms with Crippen LogP contribution in [0.3, 0.4) is 0 Å². The summed E-state index contributed by atoms with van der Waals surface area (Å²) in [5, 5.41) is 22.3. The smallest absolute Gasteiger partial charge is 0.119 e. The van der Waals surface area contributed by atoms with Crippen LogP contribution in [0.2, 0.25) is 0 Å². The van der Waals surface area contributed by atoms with Crippen LogP contribution in [0.1, 0.15) is 31.9 Å². The Balaban J connectivity index is 1.92. The summed E-state index contributed by atoms with van der Waals surface area (Å²) in [6.07, 6.45) is 1.40. The van der Waals surface area contributed by atoms with Crippen molar-refractivity contribution < 1.29 is 14.9 Å². The molecule has 0 saturated carbocycles. The van der Waals surface area contributed by atoms with E-state index in [1.54, 1.807) is 12.1 Å². The van der Waals surface area contributed by atoms with Crippen molar-refractivity contribution in [3.05, 3.63) is 23.8 Å². The van der Waals surface area contributed by atoms with E-state index in [1.807, 2.05) is 6.92 Å². The van der Waals surface area contributed by atoms with Gasteiger partial charge < -0.3 is 20.3 Å². The van der Waals surface area contributed by atoms with E-state index in [4.69, 9.17) is 4.74 Å². The molecule has 1 aromatic carbocycles. The Kier molecular flexibility index (Phi) is 4.09. The number of rotatable bonds is 4. The molecule has 1 heterocycles. The number of benzene rings is 1. The highest BCUT2D eigenvalue weighted by Crippen LogP contribution is 2.25. The molecule has 0 spiro atoms. The zero-order valence-corrected chi connectivity index (χ0v) is 10.9. The summed E-state index contributed by atoms with van der Waals surface area (Å²) in [4.78, 5) is 0. The lowest BCUT2D eigenvalue weighted by atomic mass is 10.0. The average molecular weight is 251 g/mol. The maximum Gasteiger partial charge on any atom is 0.119 e. The first-order valence-corrected chi connectivity index (χ1v) is 6.44. The second kappa shape index (κ2) is 5.59. The Morgan fingerprint density at radius 3 is 2.56 bits per heavy atom. The molecule has 0 amide bonds. The molecule has 1 aliphatic heterocycles. The van der Waals surface area contributed by atoms with E-state index >= 15 is 0 Å². The van der Waals surface area contributed by atoms with Gasteiger partial charge in [-0.2, -0.15) is 0 Å². The minimum Gasteiger partial charge on any atom is -0.508 e. The van der Waals surface area contributed by atoms with E-state index in [9.17, 15) is 10.2 Å². The Labute approximate surface area is 108 Å². The van der Waals surface area contributed by atoms with Crippen molar-refractivity contribution in [2.75, 3.05) is 13.2 Å². The van der Waals surface area contributed by atoms with Crippen molar-refractivity contribution in [2.45, 2.75) is 32.4 Å². The van der Waals surface area contributed by atoms with Crippen molar-refractivity contribution in [2.24, 2.45) is 5.92 Å². The fourth-order valence-electron chi connectivity index (χ4n) is 2.36. The van der Waals surface area contributed by atoms with Crippen molar-refractivity contribution in [3.8, 4) is 11.5 Å². The van der Waals surface area contributed by atoms with Gasteiger partial charge in [0, 0.05) is 25.3 Å². The van der Waals surface area contributed by atoms with Gasteiger partial charge in [-0.05, 0) is 43.9 Å². The molecular formula is C14H21NO3. The van der Waals surface area contributed by atoms with Gasteiger partial charge in [-0.25, -0.2) is 0 Å².